The Morgan fingerprint density at radius 2 is 1.98 bits per heavy atom. The van der Waals surface area contributed by atoms with E-state index >= 15 is 0 Å². The summed E-state index contributed by atoms with van der Waals surface area (Å²) >= 11 is 0. The van der Waals surface area contributed by atoms with Crippen molar-refractivity contribution in [1.82, 2.24) is 25.0 Å². The predicted octanol–water partition coefficient (Wildman–Crippen LogP) is 3.91. The van der Waals surface area contributed by atoms with Crippen LogP contribution in [0.25, 0.3) is 11.3 Å². The van der Waals surface area contributed by atoms with Crippen LogP contribution in [0.3, 0.4) is 0 Å². The Morgan fingerprint density at radius 1 is 1.12 bits per heavy atom. The SMILES string of the molecule is Cc1cc2cc(n1)-c1cnn(C)c1OCCC[C@@H](C1CC1)CN1c3cc(NCCN(C)C)ccc3NC1NC2=O. The second kappa shape index (κ2) is 11.0. The first-order valence-corrected chi connectivity index (χ1v) is 14.4. The lowest BCUT2D eigenvalue weighted by molar-refractivity contribution is 0.0940. The maximum Gasteiger partial charge on any atom is 0.254 e. The normalized spacial score (nSPS) is 20.8. The highest BCUT2D eigenvalue weighted by Crippen LogP contribution is 2.43. The number of anilines is 3. The number of carbonyl (C=O) groups excluding carboxylic acids is 1. The van der Waals surface area contributed by atoms with E-state index in [1.807, 2.05) is 26.1 Å². The first kappa shape index (κ1) is 26.4. The second-order valence-corrected chi connectivity index (χ2v) is 11.6. The Balaban J connectivity index is 1.33. The number of hydrogen-bond acceptors (Lipinski definition) is 8. The number of ether oxygens (including phenoxy) is 1. The number of aryl methyl sites for hydroxylation is 2. The number of nitrogens with zero attached hydrogens (tertiary/aromatic N) is 5. The Labute approximate surface area is 236 Å². The third-order valence-electron chi connectivity index (χ3n) is 8.12. The number of carbonyl (C=O) groups is 1. The molecule has 10 heteroatoms. The van der Waals surface area contributed by atoms with Crippen molar-refractivity contribution in [3.63, 3.8) is 0 Å². The molecule has 2 bridgehead atoms. The number of rotatable bonds is 5. The van der Waals surface area contributed by atoms with Crippen LogP contribution in [0.15, 0.2) is 36.5 Å². The highest BCUT2D eigenvalue weighted by Gasteiger charge is 2.37. The number of pyridine rings is 1. The maximum absolute atomic E-state index is 13.7. The zero-order valence-electron chi connectivity index (χ0n) is 23.9. The standard InChI is InChI=1S/C30H40N8O2/c1-19-14-22-15-26(33-19)24-17-32-37(4)29(24)40-13-5-6-21(20-7-8-20)18-38-27-16-23(31-11-12-36(2)3)9-10-25(27)34-30(38)35-28(22)39/h9-10,14-17,20-21,30-31,34H,5-8,11-13,18H2,1-4H3,(H,35,39)/t21-,30?/m1/s1. The van der Waals surface area contributed by atoms with Crippen molar-refractivity contribution < 1.29 is 9.53 Å². The summed E-state index contributed by atoms with van der Waals surface area (Å²) < 4.78 is 8.03. The molecule has 1 aromatic carbocycles. The Hall–Kier alpha value is -3.79. The molecule has 2 atom stereocenters. The van der Waals surface area contributed by atoms with Crippen molar-refractivity contribution in [3.8, 4) is 17.1 Å². The lowest BCUT2D eigenvalue weighted by atomic mass is 9.97. The molecule has 3 aliphatic rings. The van der Waals surface area contributed by atoms with Crippen LogP contribution in [0.2, 0.25) is 0 Å². The third kappa shape index (κ3) is 5.58. The molecule has 1 fully saturated rings. The average Bonchev–Trinajstić information content (AvgIpc) is 3.62. The molecule has 2 aliphatic heterocycles. The van der Waals surface area contributed by atoms with Crippen LogP contribution in [0.1, 0.15) is 41.7 Å². The summed E-state index contributed by atoms with van der Waals surface area (Å²) in [6, 6.07) is 10.1. The number of aromatic nitrogens is 3. The molecule has 10 nitrogen and oxygen atoms in total. The van der Waals surface area contributed by atoms with E-state index in [-0.39, 0.29) is 12.2 Å². The fourth-order valence-corrected chi connectivity index (χ4v) is 5.84. The van der Waals surface area contributed by atoms with Gasteiger partial charge >= 0.3 is 0 Å². The fourth-order valence-electron chi connectivity index (χ4n) is 5.84. The van der Waals surface area contributed by atoms with Crippen LogP contribution in [0.4, 0.5) is 17.1 Å². The minimum Gasteiger partial charge on any atom is -0.477 e. The van der Waals surface area contributed by atoms with Crippen LogP contribution >= 0.6 is 0 Å². The van der Waals surface area contributed by atoms with Crippen LogP contribution in [-0.2, 0) is 7.05 Å². The van der Waals surface area contributed by atoms with E-state index in [0.717, 1.165) is 60.8 Å². The van der Waals surface area contributed by atoms with Gasteiger partial charge in [-0.15, -0.1) is 0 Å². The van der Waals surface area contributed by atoms with Crippen LogP contribution in [-0.4, -0.2) is 72.2 Å². The van der Waals surface area contributed by atoms with E-state index in [2.05, 4.69) is 63.1 Å². The number of hydrogen-bond donors (Lipinski definition) is 3. The van der Waals surface area contributed by atoms with Crippen molar-refractivity contribution in [2.45, 2.75) is 38.9 Å². The summed E-state index contributed by atoms with van der Waals surface area (Å²) in [4.78, 5) is 22.9. The van der Waals surface area contributed by atoms with E-state index in [9.17, 15) is 4.79 Å². The van der Waals surface area contributed by atoms with Crippen molar-refractivity contribution in [2.24, 2.45) is 18.9 Å². The fraction of sp³-hybridized carbons (Fsp3) is 0.500. The highest BCUT2D eigenvalue weighted by atomic mass is 16.5. The molecule has 2 aromatic heterocycles. The average molecular weight is 545 g/mol. The highest BCUT2D eigenvalue weighted by molar-refractivity contribution is 5.96. The first-order chi connectivity index (χ1) is 19.4. The summed E-state index contributed by atoms with van der Waals surface area (Å²) in [6.45, 7) is 5.22. The van der Waals surface area contributed by atoms with Gasteiger partial charge in [-0.2, -0.15) is 5.10 Å². The smallest absolute Gasteiger partial charge is 0.254 e. The Bertz CT molecular complexity index is 1380. The second-order valence-electron chi connectivity index (χ2n) is 11.6. The minimum atomic E-state index is -0.340. The minimum absolute atomic E-state index is 0.143. The molecule has 0 saturated heterocycles. The quantitative estimate of drug-likeness (QED) is 0.445. The predicted molar refractivity (Wildman–Crippen MR) is 158 cm³/mol. The lowest BCUT2D eigenvalue weighted by Crippen LogP contribution is -2.51. The molecule has 1 unspecified atom stereocenters. The van der Waals surface area contributed by atoms with Gasteiger partial charge in [0.25, 0.3) is 5.91 Å². The zero-order valence-corrected chi connectivity index (χ0v) is 23.9. The number of likely N-dealkylation sites (N-methyl/N-ethyl adjacent to an activating group) is 1. The van der Waals surface area contributed by atoms with Gasteiger partial charge in [0.2, 0.25) is 5.88 Å². The monoisotopic (exact) mass is 544 g/mol. The molecule has 3 aromatic rings. The lowest BCUT2D eigenvalue weighted by Gasteiger charge is -2.31. The summed E-state index contributed by atoms with van der Waals surface area (Å²) in [5, 5.41) is 14.9. The number of nitrogens with one attached hydrogen (secondary N) is 3. The Kier molecular flexibility index (Phi) is 7.27. The summed E-state index contributed by atoms with van der Waals surface area (Å²) in [5.41, 5.74) is 6.06. The molecule has 1 amide bonds. The molecule has 0 radical (unpaired) electrons. The number of fused-ring (bicyclic) bond motifs is 7. The molecular formula is C30H40N8O2. The molecule has 212 valence electrons. The maximum atomic E-state index is 13.7. The number of benzene rings is 1. The molecule has 40 heavy (non-hydrogen) atoms. The molecule has 6 rings (SSSR count). The molecule has 0 spiro atoms. The van der Waals surface area contributed by atoms with Gasteiger partial charge in [-0.05, 0) is 88.9 Å². The summed E-state index contributed by atoms with van der Waals surface area (Å²) in [5.74, 6) is 1.78. The van der Waals surface area contributed by atoms with Gasteiger partial charge < -0.3 is 30.5 Å². The van der Waals surface area contributed by atoms with Gasteiger partial charge in [0, 0.05) is 43.6 Å². The largest absolute Gasteiger partial charge is 0.477 e. The van der Waals surface area contributed by atoms with E-state index < -0.39 is 0 Å². The number of amides is 1. The molecular weight excluding hydrogens is 504 g/mol. The molecule has 4 heterocycles. The van der Waals surface area contributed by atoms with E-state index in [1.165, 1.54) is 12.8 Å². The molecule has 3 N–H and O–H groups in total. The zero-order chi connectivity index (χ0) is 27.8. The Morgan fingerprint density at radius 3 is 2.77 bits per heavy atom. The van der Waals surface area contributed by atoms with Gasteiger partial charge in [-0.1, -0.05) is 0 Å². The summed E-state index contributed by atoms with van der Waals surface area (Å²) in [6.07, 6.45) is 5.99. The van der Waals surface area contributed by atoms with Gasteiger partial charge in [-0.3, -0.25) is 9.78 Å². The van der Waals surface area contributed by atoms with Gasteiger partial charge in [-0.25, -0.2) is 4.68 Å². The van der Waals surface area contributed by atoms with Crippen LogP contribution < -0.4 is 25.6 Å². The molecule has 1 aliphatic carbocycles. The summed E-state index contributed by atoms with van der Waals surface area (Å²) in [7, 11) is 6.04. The van der Waals surface area contributed by atoms with E-state index in [0.29, 0.717) is 35.6 Å². The van der Waals surface area contributed by atoms with Crippen molar-refractivity contribution in [1.29, 1.82) is 0 Å². The van der Waals surface area contributed by atoms with Crippen LogP contribution in [0, 0.1) is 18.8 Å². The first-order valence-electron chi connectivity index (χ1n) is 14.4. The van der Waals surface area contributed by atoms with Crippen molar-refractivity contribution in [2.75, 3.05) is 55.9 Å². The van der Waals surface area contributed by atoms with Crippen molar-refractivity contribution in [3.05, 3.63) is 47.8 Å². The van der Waals surface area contributed by atoms with Gasteiger partial charge in [0.15, 0.2) is 6.29 Å². The molecule has 1 saturated carbocycles. The van der Waals surface area contributed by atoms with Gasteiger partial charge in [0.1, 0.15) is 0 Å². The third-order valence-corrected chi connectivity index (χ3v) is 8.12. The van der Waals surface area contributed by atoms with Crippen molar-refractivity contribution >= 4 is 23.0 Å². The topological polar surface area (TPSA) is 99.6 Å². The van der Waals surface area contributed by atoms with E-state index in [1.54, 1.807) is 10.9 Å². The van der Waals surface area contributed by atoms with E-state index in [4.69, 9.17) is 9.72 Å². The van der Waals surface area contributed by atoms with Crippen LogP contribution in [0.5, 0.6) is 5.88 Å². The van der Waals surface area contributed by atoms with Gasteiger partial charge in [0.05, 0.1) is 35.4 Å².